The monoisotopic (exact) mass is 384 g/mol. The third kappa shape index (κ3) is 4.52. The molecule has 0 spiro atoms. The first-order chi connectivity index (χ1) is 14.2. The Morgan fingerprint density at radius 1 is 0.897 bits per heavy atom. The van der Waals surface area contributed by atoms with Crippen LogP contribution in [0.2, 0.25) is 0 Å². The van der Waals surface area contributed by atoms with Crippen LogP contribution in [0.25, 0.3) is 5.69 Å². The van der Waals surface area contributed by atoms with Crippen molar-refractivity contribution in [1.29, 1.82) is 0 Å². The van der Waals surface area contributed by atoms with Crippen molar-refractivity contribution in [2.45, 2.75) is 26.9 Å². The van der Waals surface area contributed by atoms with Crippen LogP contribution in [0.4, 0.5) is 0 Å². The van der Waals surface area contributed by atoms with Crippen molar-refractivity contribution in [2.24, 2.45) is 0 Å². The summed E-state index contributed by atoms with van der Waals surface area (Å²) in [5.41, 5.74) is 4.43. The van der Waals surface area contributed by atoms with Gasteiger partial charge in [-0.1, -0.05) is 36.4 Å². The molecule has 4 aromatic rings. The molecule has 2 aromatic heterocycles. The molecule has 0 aliphatic heterocycles. The lowest BCUT2D eigenvalue weighted by Crippen LogP contribution is -2.17. The van der Waals surface area contributed by atoms with Crippen LogP contribution in [-0.4, -0.2) is 14.5 Å². The van der Waals surface area contributed by atoms with Crippen molar-refractivity contribution in [2.75, 3.05) is 0 Å². The Balaban J connectivity index is 1.45. The first kappa shape index (κ1) is 18.9. The number of rotatable bonds is 7. The van der Waals surface area contributed by atoms with E-state index in [9.17, 15) is 0 Å². The number of hydrogen-bond donors (Lipinski definition) is 1. The minimum atomic E-state index is 0.622. The second kappa shape index (κ2) is 8.71. The third-order valence-electron chi connectivity index (χ3n) is 4.75. The second-order valence-electron chi connectivity index (χ2n) is 6.99. The van der Waals surface area contributed by atoms with Gasteiger partial charge >= 0.3 is 0 Å². The van der Waals surface area contributed by atoms with Crippen molar-refractivity contribution in [3.63, 3.8) is 0 Å². The van der Waals surface area contributed by atoms with Crippen molar-refractivity contribution >= 4 is 0 Å². The highest BCUT2D eigenvalue weighted by atomic mass is 16.5. The van der Waals surface area contributed by atoms with Gasteiger partial charge < -0.3 is 14.6 Å². The van der Waals surface area contributed by atoms with Gasteiger partial charge in [-0.05, 0) is 49.2 Å². The molecule has 0 radical (unpaired) electrons. The van der Waals surface area contributed by atoms with Crippen LogP contribution in [-0.2, 0) is 13.1 Å². The lowest BCUT2D eigenvalue weighted by molar-refractivity contribution is 0.449. The zero-order chi connectivity index (χ0) is 20.1. The van der Waals surface area contributed by atoms with Crippen LogP contribution in [0.5, 0.6) is 11.6 Å². The molecule has 0 amide bonds. The predicted octanol–water partition coefficient (Wildman–Crippen LogP) is 4.97. The second-order valence-corrected chi connectivity index (χ2v) is 6.99. The molecule has 146 valence electrons. The van der Waals surface area contributed by atoms with Gasteiger partial charge in [-0.2, -0.15) is 0 Å². The minimum absolute atomic E-state index is 0.622. The van der Waals surface area contributed by atoms with E-state index in [0.717, 1.165) is 28.4 Å². The quantitative estimate of drug-likeness (QED) is 0.489. The fourth-order valence-electron chi connectivity index (χ4n) is 3.21. The van der Waals surface area contributed by atoms with Crippen LogP contribution < -0.4 is 10.1 Å². The molecule has 0 bridgehead atoms. The maximum Gasteiger partial charge on any atom is 0.223 e. The van der Waals surface area contributed by atoms with Crippen molar-refractivity contribution in [1.82, 2.24) is 19.9 Å². The number of aromatic nitrogens is 3. The van der Waals surface area contributed by atoms with E-state index in [1.54, 1.807) is 6.20 Å². The molecule has 0 fully saturated rings. The molecule has 0 saturated carbocycles. The van der Waals surface area contributed by atoms with Crippen LogP contribution in [0, 0.1) is 13.8 Å². The highest BCUT2D eigenvalue weighted by Gasteiger charge is 2.09. The van der Waals surface area contributed by atoms with Gasteiger partial charge in [0.25, 0.3) is 0 Å². The molecule has 0 saturated heterocycles. The summed E-state index contributed by atoms with van der Waals surface area (Å²) in [5, 5.41) is 3.47. The number of benzene rings is 2. The molecule has 0 unspecified atom stereocenters. The smallest absolute Gasteiger partial charge is 0.223 e. The Hall–Kier alpha value is -3.44. The number of hydrogen-bond acceptors (Lipinski definition) is 4. The Morgan fingerprint density at radius 2 is 1.79 bits per heavy atom. The number of para-hydroxylation sites is 1. The zero-order valence-electron chi connectivity index (χ0n) is 16.7. The molecule has 2 aromatic carbocycles. The van der Waals surface area contributed by atoms with E-state index in [1.165, 1.54) is 5.56 Å². The number of pyridine rings is 1. The lowest BCUT2D eigenvalue weighted by atomic mass is 10.2. The maximum atomic E-state index is 6.06. The highest BCUT2D eigenvalue weighted by Crippen LogP contribution is 2.25. The largest absolute Gasteiger partial charge is 0.438 e. The predicted molar refractivity (Wildman–Crippen MR) is 114 cm³/mol. The molecule has 5 heteroatoms. The number of imidazole rings is 1. The van der Waals surface area contributed by atoms with Crippen LogP contribution in [0.3, 0.4) is 0 Å². The molecule has 5 nitrogen and oxygen atoms in total. The average Bonchev–Trinajstić information content (AvgIpc) is 3.19. The van der Waals surface area contributed by atoms with Gasteiger partial charge in [0.05, 0.1) is 6.54 Å². The van der Waals surface area contributed by atoms with Gasteiger partial charge in [0, 0.05) is 36.4 Å². The minimum Gasteiger partial charge on any atom is -0.438 e. The van der Waals surface area contributed by atoms with Gasteiger partial charge in [-0.3, -0.25) is 0 Å². The summed E-state index contributed by atoms with van der Waals surface area (Å²) in [6.45, 7) is 5.40. The molecule has 0 aliphatic carbocycles. The molecular weight excluding hydrogens is 360 g/mol. The number of aryl methyl sites for hydroxylation is 2. The fraction of sp³-hybridized carbons (Fsp3) is 0.167. The normalized spacial score (nSPS) is 10.8. The molecule has 1 N–H and O–H groups in total. The van der Waals surface area contributed by atoms with E-state index >= 15 is 0 Å². The maximum absolute atomic E-state index is 6.06. The first-order valence-electron chi connectivity index (χ1n) is 9.68. The van der Waals surface area contributed by atoms with E-state index < -0.39 is 0 Å². The van der Waals surface area contributed by atoms with Gasteiger partial charge in [-0.15, -0.1) is 0 Å². The van der Waals surface area contributed by atoms with Crippen molar-refractivity contribution < 1.29 is 4.74 Å². The Bertz CT molecular complexity index is 1100. The summed E-state index contributed by atoms with van der Waals surface area (Å²) in [4.78, 5) is 8.93. The molecule has 2 heterocycles. The molecule has 0 aliphatic rings. The number of ether oxygens (including phenoxy) is 1. The molecule has 4 rings (SSSR count). The van der Waals surface area contributed by atoms with E-state index in [1.807, 2.05) is 55.7 Å². The van der Waals surface area contributed by atoms with Gasteiger partial charge in [0.1, 0.15) is 11.6 Å². The van der Waals surface area contributed by atoms with Gasteiger partial charge in [0.15, 0.2) is 0 Å². The summed E-state index contributed by atoms with van der Waals surface area (Å²) in [5.74, 6) is 2.40. The zero-order valence-corrected chi connectivity index (χ0v) is 16.7. The molecule has 29 heavy (non-hydrogen) atoms. The topological polar surface area (TPSA) is 52.0 Å². The summed E-state index contributed by atoms with van der Waals surface area (Å²) in [6, 6.07) is 20.3. The SMILES string of the molecule is Cc1cccc(-n2ccnc2CNCc2cccnc2Oc2ccccc2C)c1. The highest BCUT2D eigenvalue weighted by molar-refractivity contribution is 5.38. The van der Waals surface area contributed by atoms with Crippen molar-refractivity contribution in [3.8, 4) is 17.3 Å². The van der Waals surface area contributed by atoms with Crippen molar-refractivity contribution in [3.05, 3.63) is 102 Å². The van der Waals surface area contributed by atoms with E-state index in [-0.39, 0.29) is 0 Å². The van der Waals surface area contributed by atoms with Gasteiger partial charge in [-0.25, -0.2) is 9.97 Å². The fourth-order valence-corrected chi connectivity index (χ4v) is 3.21. The van der Waals surface area contributed by atoms with Crippen LogP contribution in [0.15, 0.2) is 79.3 Å². The Kier molecular flexibility index (Phi) is 5.68. The summed E-state index contributed by atoms with van der Waals surface area (Å²) in [7, 11) is 0. The third-order valence-corrected chi connectivity index (χ3v) is 4.75. The van der Waals surface area contributed by atoms with E-state index in [2.05, 4.69) is 51.0 Å². The summed E-state index contributed by atoms with van der Waals surface area (Å²) in [6.07, 6.45) is 5.57. The standard InChI is InChI=1S/C24H24N4O/c1-18-7-5-10-21(15-18)28-14-13-26-23(28)17-25-16-20-9-6-12-27-24(20)29-22-11-4-3-8-19(22)2/h3-15,25H,16-17H2,1-2H3. The average molecular weight is 384 g/mol. The Morgan fingerprint density at radius 3 is 2.66 bits per heavy atom. The first-order valence-corrected chi connectivity index (χ1v) is 9.68. The van der Waals surface area contributed by atoms with Crippen LogP contribution in [0.1, 0.15) is 22.5 Å². The Labute approximate surface area is 171 Å². The molecular formula is C24H24N4O. The number of nitrogens with zero attached hydrogens (tertiary/aromatic N) is 3. The number of nitrogens with one attached hydrogen (secondary N) is 1. The molecule has 0 atom stereocenters. The van der Waals surface area contributed by atoms with Gasteiger partial charge in [0.2, 0.25) is 5.88 Å². The van der Waals surface area contributed by atoms with E-state index in [0.29, 0.717) is 19.0 Å². The van der Waals surface area contributed by atoms with E-state index in [4.69, 9.17) is 4.74 Å². The van der Waals surface area contributed by atoms with Crippen LogP contribution >= 0.6 is 0 Å². The summed E-state index contributed by atoms with van der Waals surface area (Å²) < 4.78 is 8.17. The lowest BCUT2D eigenvalue weighted by Gasteiger charge is -2.13. The summed E-state index contributed by atoms with van der Waals surface area (Å²) >= 11 is 0.